The lowest BCUT2D eigenvalue weighted by Crippen LogP contribution is -2.43. The van der Waals surface area contributed by atoms with E-state index >= 15 is 0 Å². The van der Waals surface area contributed by atoms with E-state index < -0.39 is 10.0 Å². The van der Waals surface area contributed by atoms with Crippen molar-refractivity contribution in [3.8, 4) is 11.3 Å². The standard InChI is InChI=1S/C18H23N3O3S2/c1-3-13-6-8-14(9-7-13)16-12-25-18(19-16)20-17(22)15-5-4-10-21(11-15)26(2,23)24/h6-9,12,15H,3-5,10-11H2,1-2H3,(H,19,20,22). The van der Waals surface area contributed by atoms with Gasteiger partial charge in [-0.25, -0.2) is 17.7 Å². The fourth-order valence-electron chi connectivity index (χ4n) is 3.04. The number of piperidine rings is 1. The van der Waals surface area contributed by atoms with Crippen LogP contribution in [0.1, 0.15) is 25.3 Å². The van der Waals surface area contributed by atoms with Gasteiger partial charge in [0.1, 0.15) is 0 Å². The van der Waals surface area contributed by atoms with Gasteiger partial charge >= 0.3 is 0 Å². The molecule has 1 aromatic heterocycles. The fourth-order valence-corrected chi connectivity index (χ4v) is 4.67. The summed E-state index contributed by atoms with van der Waals surface area (Å²) in [4.78, 5) is 17.0. The van der Waals surface area contributed by atoms with E-state index in [1.165, 1.54) is 27.5 Å². The molecule has 1 aliphatic rings. The maximum Gasteiger partial charge on any atom is 0.230 e. The zero-order valence-corrected chi connectivity index (χ0v) is 16.6. The minimum absolute atomic E-state index is 0.166. The first kappa shape index (κ1) is 19.0. The molecule has 0 radical (unpaired) electrons. The number of benzene rings is 1. The van der Waals surface area contributed by atoms with Gasteiger partial charge < -0.3 is 5.32 Å². The molecule has 0 aliphatic carbocycles. The second-order valence-electron chi connectivity index (χ2n) is 6.54. The van der Waals surface area contributed by atoms with Gasteiger partial charge in [0, 0.05) is 24.0 Å². The van der Waals surface area contributed by atoms with Crippen LogP contribution in [0.4, 0.5) is 5.13 Å². The third-order valence-electron chi connectivity index (χ3n) is 4.62. The number of aromatic nitrogens is 1. The molecule has 6 nitrogen and oxygen atoms in total. The number of nitrogens with one attached hydrogen (secondary N) is 1. The van der Waals surface area contributed by atoms with Crippen molar-refractivity contribution < 1.29 is 13.2 Å². The van der Waals surface area contributed by atoms with E-state index in [9.17, 15) is 13.2 Å². The van der Waals surface area contributed by atoms with E-state index in [1.807, 2.05) is 17.5 Å². The van der Waals surface area contributed by atoms with Gasteiger partial charge in [-0.15, -0.1) is 11.3 Å². The normalized spacial score (nSPS) is 18.6. The number of thiazole rings is 1. The molecule has 140 valence electrons. The van der Waals surface area contributed by atoms with Crippen molar-refractivity contribution in [3.05, 3.63) is 35.2 Å². The molecule has 1 N–H and O–H groups in total. The van der Waals surface area contributed by atoms with E-state index in [2.05, 4.69) is 29.4 Å². The number of aryl methyl sites for hydroxylation is 1. The summed E-state index contributed by atoms with van der Waals surface area (Å²) < 4.78 is 24.8. The van der Waals surface area contributed by atoms with Gasteiger partial charge in [0.25, 0.3) is 0 Å². The van der Waals surface area contributed by atoms with Gasteiger partial charge in [-0.3, -0.25) is 4.79 Å². The van der Waals surface area contributed by atoms with E-state index in [0.717, 1.165) is 17.7 Å². The molecule has 0 saturated carbocycles. The number of hydrogen-bond donors (Lipinski definition) is 1. The Morgan fingerprint density at radius 3 is 2.73 bits per heavy atom. The molecule has 26 heavy (non-hydrogen) atoms. The Labute approximate surface area is 158 Å². The number of carbonyl (C=O) groups excluding carboxylic acids is 1. The highest BCUT2D eigenvalue weighted by Gasteiger charge is 2.30. The van der Waals surface area contributed by atoms with E-state index in [-0.39, 0.29) is 18.4 Å². The molecule has 1 fully saturated rings. The van der Waals surface area contributed by atoms with Crippen LogP contribution in [0, 0.1) is 5.92 Å². The molecule has 0 bridgehead atoms. The first-order valence-electron chi connectivity index (χ1n) is 8.67. The van der Waals surface area contributed by atoms with Crippen LogP contribution >= 0.6 is 11.3 Å². The van der Waals surface area contributed by atoms with Crippen molar-refractivity contribution in [3.63, 3.8) is 0 Å². The van der Waals surface area contributed by atoms with Gasteiger partial charge in [0.05, 0.1) is 17.9 Å². The maximum absolute atomic E-state index is 12.5. The monoisotopic (exact) mass is 393 g/mol. The molecular formula is C18H23N3O3S2. The molecule has 1 atom stereocenters. The van der Waals surface area contributed by atoms with Crippen LogP contribution in [0.3, 0.4) is 0 Å². The molecule has 1 saturated heterocycles. The Morgan fingerprint density at radius 2 is 2.08 bits per heavy atom. The van der Waals surface area contributed by atoms with E-state index in [0.29, 0.717) is 24.5 Å². The Morgan fingerprint density at radius 1 is 1.35 bits per heavy atom. The molecule has 2 heterocycles. The summed E-state index contributed by atoms with van der Waals surface area (Å²) >= 11 is 1.38. The minimum Gasteiger partial charge on any atom is -0.302 e. The lowest BCUT2D eigenvalue weighted by molar-refractivity contribution is -0.120. The van der Waals surface area contributed by atoms with Crippen molar-refractivity contribution in [2.75, 3.05) is 24.7 Å². The number of nitrogens with zero attached hydrogens (tertiary/aromatic N) is 2. The Kier molecular flexibility index (Phi) is 5.74. The number of carbonyl (C=O) groups is 1. The number of anilines is 1. The quantitative estimate of drug-likeness (QED) is 0.847. The molecule has 0 spiro atoms. The van der Waals surface area contributed by atoms with Crippen LogP contribution < -0.4 is 5.32 Å². The number of sulfonamides is 1. The lowest BCUT2D eigenvalue weighted by Gasteiger charge is -2.29. The minimum atomic E-state index is -3.26. The van der Waals surface area contributed by atoms with Gasteiger partial charge in [-0.2, -0.15) is 0 Å². The van der Waals surface area contributed by atoms with E-state index in [4.69, 9.17) is 0 Å². The molecular weight excluding hydrogens is 370 g/mol. The van der Waals surface area contributed by atoms with Gasteiger partial charge in [-0.05, 0) is 24.8 Å². The average molecular weight is 394 g/mol. The van der Waals surface area contributed by atoms with Crippen LogP contribution in [0.2, 0.25) is 0 Å². The Hall–Kier alpha value is -1.77. The topological polar surface area (TPSA) is 79.4 Å². The summed E-state index contributed by atoms with van der Waals surface area (Å²) in [6.45, 7) is 2.83. The van der Waals surface area contributed by atoms with Crippen LogP contribution in [0.5, 0.6) is 0 Å². The van der Waals surface area contributed by atoms with Crippen LogP contribution in [-0.4, -0.2) is 43.0 Å². The average Bonchev–Trinajstić information content (AvgIpc) is 3.09. The summed E-state index contributed by atoms with van der Waals surface area (Å²) in [6.07, 6.45) is 3.56. The maximum atomic E-state index is 12.5. The predicted octanol–water partition coefficient (Wildman–Crippen LogP) is 2.98. The fraction of sp³-hybridized carbons (Fsp3) is 0.444. The second kappa shape index (κ2) is 7.85. The molecule has 1 amide bonds. The number of rotatable bonds is 5. The van der Waals surface area contributed by atoms with Crippen molar-refractivity contribution in [1.82, 2.24) is 9.29 Å². The largest absolute Gasteiger partial charge is 0.302 e. The Balaban J connectivity index is 1.65. The summed E-state index contributed by atoms with van der Waals surface area (Å²) in [5.74, 6) is -0.504. The first-order valence-corrected chi connectivity index (χ1v) is 11.4. The van der Waals surface area contributed by atoms with Crippen molar-refractivity contribution in [2.24, 2.45) is 5.92 Å². The predicted molar refractivity (Wildman–Crippen MR) is 105 cm³/mol. The number of amides is 1. The van der Waals surface area contributed by atoms with Crippen molar-refractivity contribution in [1.29, 1.82) is 0 Å². The summed E-state index contributed by atoms with van der Waals surface area (Å²) in [7, 11) is -3.26. The van der Waals surface area contributed by atoms with Gasteiger partial charge in [-0.1, -0.05) is 31.2 Å². The summed E-state index contributed by atoms with van der Waals surface area (Å²) in [6, 6.07) is 8.22. The molecule has 2 aromatic rings. The zero-order valence-electron chi connectivity index (χ0n) is 14.9. The van der Waals surface area contributed by atoms with Crippen LogP contribution in [0.15, 0.2) is 29.6 Å². The highest BCUT2D eigenvalue weighted by Crippen LogP contribution is 2.27. The third kappa shape index (κ3) is 4.49. The SMILES string of the molecule is CCc1ccc(-c2csc(NC(=O)C3CCCN(S(C)(=O)=O)C3)n2)cc1. The smallest absolute Gasteiger partial charge is 0.230 e. The van der Waals surface area contributed by atoms with Gasteiger partial charge in [0.15, 0.2) is 5.13 Å². The highest BCUT2D eigenvalue weighted by atomic mass is 32.2. The van der Waals surface area contributed by atoms with Gasteiger partial charge in [0.2, 0.25) is 15.9 Å². The molecule has 3 rings (SSSR count). The van der Waals surface area contributed by atoms with Crippen molar-refractivity contribution in [2.45, 2.75) is 26.2 Å². The zero-order chi connectivity index (χ0) is 18.7. The highest BCUT2D eigenvalue weighted by molar-refractivity contribution is 7.88. The second-order valence-corrected chi connectivity index (χ2v) is 9.38. The molecule has 1 aliphatic heterocycles. The van der Waals surface area contributed by atoms with Crippen LogP contribution in [0.25, 0.3) is 11.3 Å². The Bertz CT molecular complexity index is 875. The number of hydrogen-bond acceptors (Lipinski definition) is 5. The molecule has 1 aromatic carbocycles. The first-order chi connectivity index (χ1) is 12.4. The molecule has 1 unspecified atom stereocenters. The van der Waals surface area contributed by atoms with Crippen molar-refractivity contribution >= 4 is 32.4 Å². The van der Waals surface area contributed by atoms with E-state index in [1.54, 1.807) is 0 Å². The third-order valence-corrected chi connectivity index (χ3v) is 6.64. The lowest BCUT2D eigenvalue weighted by atomic mass is 9.99. The van der Waals surface area contributed by atoms with Crippen LogP contribution in [-0.2, 0) is 21.2 Å². The molecule has 8 heteroatoms. The summed E-state index contributed by atoms with van der Waals surface area (Å²) in [5, 5.41) is 5.30. The summed E-state index contributed by atoms with van der Waals surface area (Å²) in [5.41, 5.74) is 3.11.